The number of nitrogens with one attached hydrogen (secondary N) is 1. The molecule has 0 fully saturated rings. The van der Waals surface area contributed by atoms with Gasteiger partial charge in [0.2, 0.25) is 0 Å². The smallest absolute Gasteiger partial charge is 0.145 e. The zero-order chi connectivity index (χ0) is 15.6. The lowest BCUT2D eigenvalue weighted by Crippen LogP contribution is -2.24. The van der Waals surface area contributed by atoms with E-state index in [1.807, 2.05) is 19.9 Å². The van der Waals surface area contributed by atoms with Crippen molar-refractivity contribution >= 4 is 27.5 Å². The molecule has 1 atom stereocenters. The van der Waals surface area contributed by atoms with Crippen molar-refractivity contribution < 1.29 is 8.78 Å². The van der Waals surface area contributed by atoms with Gasteiger partial charge in [0.05, 0.1) is 10.5 Å². The van der Waals surface area contributed by atoms with Crippen LogP contribution in [0.2, 0.25) is 5.02 Å². The van der Waals surface area contributed by atoms with E-state index in [1.54, 1.807) is 12.1 Å². The zero-order valence-electron chi connectivity index (χ0n) is 11.7. The van der Waals surface area contributed by atoms with E-state index in [-0.39, 0.29) is 10.0 Å². The van der Waals surface area contributed by atoms with Crippen molar-refractivity contribution in [2.75, 3.05) is 6.54 Å². The summed E-state index contributed by atoms with van der Waals surface area (Å²) in [4.78, 5) is 0. The van der Waals surface area contributed by atoms with Gasteiger partial charge in [-0.1, -0.05) is 30.7 Å². The Bertz CT molecular complexity index is 661. The minimum absolute atomic E-state index is 0.00736. The average molecular weight is 375 g/mol. The van der Waals surface area contributed by atoms with E-state index in [4.69, 9.17) is 11.6 Å². The van der Waals surface area contributed by atoms with Crippen LogP contribution < -0.4 is 5.32 Å². The van der Waals surface area contributed by atoms with Gasteiger partial charge in [0.25, 0.3) is 0 Å². The first-order valence-corrected chi connectivity index (χ1v) is 7.75. The van der Waals surface area contributed by atoms with Gasteiger partial charge in [-0.2, -0.15) is 0 Å². The molecule has 21 heavy (non-hydrogen) atoms. The molecule has 1 nitrogen and oxygen atoms in total. The Labute approximate surface area is 136 Å². The summed E-state index contributed by atoms with van der Waals surface area (Å²) in [7, 11) is 0. The van der Waals surface area contributed by atoms with Crippen LogP contribution in [-0.2, 0) is 0 Å². The lowest BCUT2D eigenvalue weighted by Gasteiger charge is -2.21. The summed E-state index contributed by atoms with van der Waals surface area (Å²) in [5, 5.41) is 3.76. The van der Waals surface area contributed by atoms with E-state index in [2.05, 4.69) is 21.2 Å². The highest BCUT2D eigenvalue weighted by Gasteiger charge is 2.23. The molecule has 1 N–H and O–H groups in total. The number of aryl methyl sites for hydroxylation is 1. The van der Waals surface area contributed by atoms with Gasteiger partial charge in [0.1, 0.15) is 11.6 Å². The van der Waals surface area contributed by atoms with E-state index < -0.39 is 17.7 Å². The van der Waals surface area contributed by atoms with E-state index in [9.17, 15) is 8.78 Å². The Morgan fingerprint density at radius 2 is 1.95 bits per heavy atom. The summed E-state index contributed by atoms with van der Waals surface area (Å²) >= 11 is 9.13. The molecule has 0 heterocycles. The van der Waals surface area contributed by atoms with E-state index in [0.717, 1.165) is 11.1 Å². The maximum atomic E-state index is 14.3. The van der Waals surface area contributed by atoms with Crippen LogP contribution in [0.3, 0.4) is 0 Å². The lowest BCUT2D eigenvalue weighted by atomic mass is 9.96. The third-order valence-corrected chi connectivity index (χ3v) is 4.33. The summed E-state index contributed by atoms with van der Waals surface area (Å²) in [5.74, 6) is -1.16. The number of hydrogen-bond donors (Lipinski definition) is 1. The molecule has 112 valence electrons. The van der Waals surface area contributed by atoms with Crippen molar-refractivity contribution in [3.05, 3.63) is 68.2 Å². The summed E-state index contributed by atoms with van der Waals surface area (Å²) in [6.45, 7) is 4.34. The van der Waals surface area contributed by atoms with Gasteiger partial charge in [-0.25, -0.2) is 8.78 Å². The molecule has 0 amide bonds. The average Bonchev–Trinajstić information content (AvgIpc) is 2.45. The SMILES string of the molecule is CCNC(c1ccc(Cl)c(C)c1)c1c(F)ccc(Br)c1F. The molecule has 0 aliphatic rings. The molecule has 0 spiro atoms. The lowest BCUT2D eigenvalue weighted by molar-refractivity contribution is 0.507. The van der Waals surface area contributed by atoms with Gasteiger partial charge in [0.15, 0.2) is 0 Å². The Kier molecular flexibility index (Phi) is 5.36. The molecule has 2 rings (SSSR count). The first-order valence-electron chi connectivity index (χ1n) is 6.58. The molecule has 0 aliphatic carbocycles. The van der Waals surface area contributed by atoms with Crippen LogP contribution in [0.25, 0.3) is 0 Å². The van der Waals surface area contributed by atoms with Gasteiger partial charge >= 0.3 is 0 Å². The third kappa shape index (κ3) is 3.44. The van der Waals surface area contributed by atoms with Gasteiger partial charge in [-0.15, -0.1) is 0 Å². The van der Waals surface area contributed by atoms with E-state index in [0.29, 0.717) is 11.6 Å². The van der Waals surface area contributed by atoms with Crippen LogP contribution in [0.4, 0.5) is 8.78 Å². The molecular weight excluding hydrogens is 360 g/mol. The van der Waals surface area contributed by atoms with Gasteiger partial charge in [0, 0.05) is 10.6 Å². The Morgan fingerprint density at radius 3 is 2.57 bits per heavy atom. The second kappa shape index (κ2) is 6.86. The molecule has 0 saturated heterocycles. The van der Waals surface area contributed by atoms with Crippen LogP contribution in [0.1, 0.15) is 29.7 Å². The summed E-state index contributed by atoms with van der Waals surface area (Å²) < 4.78 is 28.7. The minimum atomic E-state index is -0.589. The molecule has 0 bridgehead atoms. The maximum Gasteiger partial charge on any atom is 0.145 e. The van der Waals surface area contributed by atoms with E-state index in [1.165, 1.54) is 12.1 Å². The fraction of sp³-hybridized carbons (Fsp3) is 0.250. The standard InChI is InChI=1S/C16H15BrClF2N/c1-3-21-16(10-4-6-12(18)9(2)8-10)14-13(19)7-5-11(17)15(14)20/h4-8,16,21H,3H2,1-2H3. The Morgan fingerprint density at radius 1 is 1.24 bits per heavy atom. The second-order valence-electron chi connectivity index (χ2n) is 4.76. The van der Waals surface area contributed by atoms with E-state index >= 15 is 0 Å². The molecule has 1 unspecified atom stereocenters. The van der Waals surface area contributed by atoms with Gasteiger partial charge in [-0.05, 0) is 58.7 Å². The molecular formula is C16H15BrClF2N. The molecule has 0 radical (unpaired) electrons. The number of benzene rings is 2. The van der Waals surface area contributed by atoms with Crippen LogP contribution in [0, 0.1) is 18.6 Å². The molecule has 2 aromatic carbocycles. The van der Waals surface area contributed by atoms with Crippen molar-refractivity contribution in [1.29, 1.82) is 0 Å². The largest absolute Gasteiger partial charge is 0.306 e. The fourth-order valence-corrected chi connectivity index (χ4v) is 2.71. The Hall–Kier alpha value is -0.970. The van der Waals surface area contributed by atoms with Gasteiger partial charge in [-0.3, -0.25) is 0 Å². The topological polar surface area (TPSA) is 12.0 Å². The molecule has 0 saturated carbocycles. The molecule has 0 aromatic heterocycles. The monoisotopic (exact) mass is 373 g/mol. The predicted octanol–water partition coefficient (Wildman–Crippen LogP) is 5.39. The quantitative estimate of drug-likeness (QED) is 0.708. The Balaban J connectivity index is 2.58. The van der Waals surface area contributed by atoms with Crippen LogP contribution in [0.5, 0.6) is 0 Å². The highest BCUT2D eigenvalue weighted by atomic mass is 79.9. The maximum absolute atomic E-state index is 14.3. The van der Waals surface area contributed by atoms with Crippen LogP contribution in [0.15, 0.2) is 34.8 Å². The number of hydrogen-bond acceptors (Lipinski definition) is 1. The van der Waals surface area contributed by atoms with Crippen LogP contribution in [-0.4, -0.2) is 6.54 Å². The second-order valence-corrected chi connectivity index (χ2v) is 6.02. The molecule has 5 heteroatoms. The van der Waals surface area contributed by atoms with Crippen molar-refractivity contribution in [3.63, 3.8) is 0 Å². The van der Waals surface area contributed by atoms with Crippen molar-refractivity contribution in [2.24, 2.45) is 0 Å². The summed E-state index contributed by atoms with van der Waals surface area (Å²) in [5.41, 5.74) is 1.65. The third-order valence-electron chi connectivity index (χ3n) is 3.29. The van der Waals surface area contributed by atoms with Crippen LogP contribution >= 0.6 is 27.5 Å². The first kappa shape index (κ1) is 16.4. The highest BCUT2D eigenvalue weighted by molar-refractivity contribution is 9.10. The first-order chi connectivity index (χ1) is 9.95. The highest BCUT2D eigenvalue weighted by Crippen LogP contribution is 2.32. The van der Waals surface area contributed by atoms with Crippen molar-refractivity contribution in [3.8, 4) is 0 Å². The van der Waals surface area contributed by atoms with Gasteiger partial charge < -0.3 is 5.32 Å². The predicted molar refractivity (Wildman–Crippen MR) is 85.8 cm³/mol. The molecule has 2 aromatic rings. The minimum Gasteiger partial charge on any atom is -0.306 e. The number of halogens is 4. The van der Waals surface area contributed by atoms with Crippen molar-refractivity contribution in [1.82, 2.24) is 5.32 Å². The molecule has 0 aliphatic heterocycles. The number of rotatable bonds is 4. The normalized spacial score (nSPS) is 12.5. The fourth-order valence-electron chi connectivity index (χ4n) is 2.25. The zero-order valence-corrected chi connectivity index (χ0v) is 14.0. The van der Waals surface area contributed by atoms with Crippen molar-refractivity contribution in [2.45, 2.75) is 19.9 Å². The summed E-state index contributed by atoms with van der Waals surface area (Å²) in [6, 6.07) is 7.42. The summed E-state index contributed by atoms with van der Waals surface area (Å²) in [6.07, 6.45) is 0.